The second-order valence-electron chi connectivity index (χ2n) is 3.88. The Kier molecular flexibility index (Phi) is 5.93. The second kappa shape index (κ2) is 6.74. The Morgan fingerprint density at radius 3 is 2.59 bits per heavy atom. The summed E-state index contributed by atoms with van der Waals surface area (Å²) >= 11 is 12.0. The van der Waals surface area contributed by atoms with Crippen LogP contribution in [-0.4, -0.2) is 22.5 Å². The molecule has 0 heterocycles. The van der Waals surface area contributed by atoms with Gasteiger partial charge < -0.3 is 5.32 Å². The van der Waals surface area contributed by atoms with Crippen molar-refractivity contribution in [3.63, 3.8) is 0 Å². The lowest BCUT2D eigenvalue weighted by Gasteiger charge is -2.22. The zero-order valence-electron chi connectivity index (χ0n) is 10.2. The van der Waals surface area contributed by atoms with E-state index in [1.54, 1.807) is 18.2 Å². The minimum Gasteiger partial charge on any atom is -0.316 e. The number of halogens is 2. The second-order valence-corrected chi connectivity index (χ2v) is 6.50. The van der Waals surface area contributed by atoms with Crippen LogP contribution in [0.3, 0.4) is 0 Å². The van der Waals surface area contributed by atoms with Gasteiger partial charge in [-0.05, 0) is 38.6 Å². The molecule has 0 aliphatic heterocycles. The van der Waals surface area contributed by atoms with E-state index in [2.05, 4.69) is 12.2 Å². The third-order valence-electron chi connectivity index (χ3n) is 2.82. The molecular formula is C12H17Cl2NOS. The van der Waals surface area contributed by atoms with E-state index in [-0.39, 0.29) is 11.3 Å². The molecule has 0 amide bonds. The third-order valence-corrected chi connectivity index (χ3v) is 5.28. The zero-order valence-corrected chi connectivity index (χ0v) is 12.5. The van der Waals surface area contributed by atoms with Gasteiger partial charge in [0.15, 0.2) is 0 Å². The average Bonchev–Trinajstić information content (AvgIpc) is 2.32. The Bertz CT molecular complexity index is 407. The molecule has 1 N–H and O–H groups in total. The van der Waals surface area contributed by atoms with Crippen molar-refractivity contribution in [2.24, 2.45) is 0 Å². The average molecular weight is 294 g/mol. The van der Waals surface area contributed by atoms with Crippen LogP contribution >= 0.6 is 23.2 Å². The van der Waals surface area contributed by atoms with Gasteiger partial charge in [-0.1, -0.05) is 30.1 Å². The van der Waals surface area contributed by atoms with Gasteiger partial charge in [0, 0.05) is 11.1 Å². The third kappa shape index (κ3) is 3.68. The van der Waals surface area contributed by atoms with Gasteiger partial charge in [-0.2, -0.15) is 0 Å². The van der Waals surface area contributed by atoms with Crippen molar-refractivity contribution in [3.8, 4) is 0 Å². The quantitative estimate of drug-likeness (QED) is 0.900. The highest BCUT2D eigenvalue weighted by Crippen LogP contribution is 2.26. The van der Waals surface area contributed by atoms with Crippen molar-refractivity contribution in [2.75, 3.05) is 7.05 Å². The maximum atomic E-state index is 12.4. The van der Waals surface area contributed by atoms with E-state index in [0.29, 0.717) is 14.9 Å². The SMILES string of the molecule is CCC(NC)C(C)S(=O)c1cc(Cl)ccc1Cl. The monoisotopic (exact) mass is 293 g/mol. The van der Waals surface area contributed by atoms with E-state index in [1.165, 1.54) is 0 Å². The summed E-state index contributed by atoms with van der Waals surface area (Å²) in [5.74, 6) is 0. The van der Waals surface area contributed by atoms with E-state index in [4.69, 9.17) is 23.2 Å². The fraction of sp³-hybridized carbons (Fsp3) is 0.500. The van der Waals surface area contributed by atoms with Crippen LogP contribution in [0.1, 0.15) is 20.3 Å². The maximum Gasteiger partial charge on any atom is 0.0592 e. The molecule has 1 aromatic rings. The molecule has 0 aromatic heterocycles. The Labute approximate surface area is 115 Å². The van der Waals surface area contributed by atoms with Gasteiger partial charge in [-0.15, -0.1) is 0 Å². The molecule has 1 aromatic carbocycles. The Hall–Kier alpha value is -0.0900. The summed E-state index contributed by atoms with van der Waals surface area (Å²) < 4.78 is 12.4. The first-order chi connectivity index (χ1) is 8.01. The highest BCUT2D eigenvalue weighted by Gasteiger charge is 2.22. The fourth-order valence-corrected chi connectivity index (χ4v) is 3.86. The Balaban J connectivity index is 2.99. The van der Waals surface area contributed by atoms with Crippen LogP contribution in [0.5, 0.6) is 0 Å². The minimum atomic E-state index is -1.16. The molecule has 0 aliphatic rings. The van der Waals surface area contributed by atoms with Gasteiger partial charge in [0.05, 0.1) is 26.0 Å². The first-order valence-electron chi connectivity index (χ1n) is 5.54. The van der Waals surface area contributed by atoms with E-state index in [0.717, 1.165) is 6.42 Å². The van der Waals surface area contributed by atoms with Crippen molar-refractivity contribution < 1.29 is 4.21 Å². The summed E-state index contributed by atoms with van der Waals surface area (Å²) in [7, 11) is 0.718. The summed E-state index contributed by atoms with van der Waals surface area (Å²) in [5.41, 5.74) is 0. The van der Waals surface area contributed by atoms with Gasteiger partial charge in [0.2, 0.25) is 0 Å². The number of hydrogen-bond donors (Lipinski definition) is 1. The van der Waals surface area contributed by atoms with Gasteiger partial charge in [0.25, 0.3) is 0 Å². The predicted molar refractivity (Wildman–Crippen MR) is 75.5 cm³/mol. The van der Waals surface area contributed by atoms with E-state index < -0.39 is 10.8 Å². The zero-order chi connectivity index (χ0) is 13.0. The molecule has 0 aliphatic carbocycles. The van der Waals surface area contributed by atoms with Crippen LogP contribution in [0, 0.1) is 0 Å². The summed E-state index contributed by atoms with van der Waals surface area (Å²) in [6.07, 6.45) is 0.918. The lowest BCUT2D eigenvalue weighted by Crippen LogP contribution is -2.37. The molecule has 2 nitrogen and oxygen atoms in total. The van der Waals surface area contributed by atoms with Crippen molar-refractivity contribution in [1.29, 1.82) is 0 Å². The number of hydrogen-bond acceptors (Lipinski definition) is 2. The molecule has 0 saturated heterocycles. The van der Waals surface area contributed by atoms with Crippen LogP contribution in [-0.2, 0) is 10.8 Å². The smallest absolute Gasteiger partial charge is 0.0592 e. The van der Waals surface area contributed by atoms with Crippen molar-refractivity contribution >= 4 is 34.0 Å². The molecule has 96 valence electrons. The standard InChI is InChI=1S/C12H17Cl2NOS/c1-4-11(15-3)8(2)17(16)12-7-9(13)5-6-10(12)14/h5-8,11,15H,4H2,1-3H3. The molecule has 0 spiro atoms. The van der Waals surface area contributed by atoms with E-state index in [9.17, 15) is 4.21 Å². The van der Waals surface area contributed by atoms with Crippen LogP contribution < -0.4 is 5.32 Å². The Morgan fingerprint density at radius 2 is 2.06 bits per heavy atom. The summed E-state index contributed by atoms with van der Waals surface area (Å²) in [6, 6.07) is 5.26. The normalized spacial score (nSPS) is 16.5. The van der Waals surface area contributed by atoms with E-state index >= 15 is 0 Å². The lowest BCUT2D eigenvalue weighted by molar-refractivity contribution is 0.529. The van der Waals surface area contributed by atoms with Crippen molar-refractivity contribution in [2.45, 2.75) is 36.5 Å². The Morgan fingerprint density at radius 1 is 1.41 bits per heavy atom. The number of benzene rings is 1. The van der Waals surface area contributed by atoms with Crippen LogP contribution in [0.2, 0.25) is 10.0 Å². The first-order valence-corrected chi connectivity index (χ1v) is 7.51. The van der Waals surface area contributed by atoms with Gasteiger partial charge in [-0.25, -0.2) is 0 Å². The molecule has 0 fully saturated rings. The summed E-state index contributed by atoms with van der Waals surface area (Å²) in [4.78, 5) is 0.611. The van der Waals surface area contributed by atoms with Crippen LogP contribution in [0.25, 0.3) is 0 Å². The maximum absolute atomic E-state index is 12.4. The summed E-state index contributed by atoms with van der Waals surface area (Å²) in [5, 5.41) is 4.22. The molecule has 3 atom stereocenters. The van der Waals surface area contributed by atoms with Crippen LogP contribution in [0.15, 0.2) is 23.1 Å². The van der Waals surface area contributed by atoms with Gasteiger partial charge in [-0.3, -0.25) is 4.21 Å². The topological polar surface area (TPSA) is 29.1 Å². The molecular weight excluding hydrogens is 277 g/mol. The highest BCUT2D eigenvalue weighted by molar-refractivity contribution is 7.85. The van der Waals surface area contributed by atoms with Gasteiger partial charge >= 0.3 is 0 Å². The molecule has 0 bridgehead atoms. The lowest BCUT2D eigenvalue weighted by atomic mass is 10.2. The van der Waals surface area contributed by atoms with Gasteiger partial charge in [0.1, 0.15) is 0 Å². The molecule has 17 heavy (non-hydrogen) atoms. The van der Waals surface area contributed by atoms with E-state index in [1.807, 2.05) is 14.0 Å². The molecule has 5 heteroatoms. The van der Waals surface area contributed by atoms with Crippen molar-refractivity contribution in [3.05, 3.63) is 28.2 Å². The fourth-order valence-electron chi connectivity index (χ4n) is 1.75. The minimum absolute atomic E-state index is 0.0130. The number of nitrogens with one attached hydrogen (secondary N) is 1. The molecule has 0 radical (unpaired) electrons. The van der Waals surface area contributed by atoms with Crippen molar-refractivity contribution in [1.82, 2.24) is 5.32 Å². The molecule has 3 unspecified atom stereocenters. The molecule has 0 saturated carbocycles. The highest BCUT2D eigenvalue weighted by atomic mass is 35.5. The van der Waals surface area contributed by atoms with Crippen LogP contribution in [0.4, 0.5) is 0 Å². The first kappa shape index (κ1) is 15.0. The number of rotatable bonds is 5. The summed E-state index contributed by atoms with van der Waals surface area (Å²) in [6.45, 7) is 4.02. The molecule has 1 rings (SSSR count). The largest absolute Gasteiger partial charge is 0.316 e. The predicted octanol–water partition coefficient (Wildman–Crippen LogP) is 3.49.